The molecule has 0 bridgehead atoms. The van der Waals surface area contributed by atoms with Crippen LogP contribution < -0.4 is 4.74 Å². The van der Waals surface area contributed by atoms with Gasteiger partial charge in [0.2, 0.25) is 4.77 Å². The molecular formula is C18H16ClFN4OS. The van der Waals surface area contributed by atoms with Gasteiger partial charge in [-0.05, 0) is 54.2 Å². The third-order valence-electron chi connectivity index (χ3n) is 3.68. The number of hydrogen-bond acceptors (Lipinski definition) is 4. The molecule has 0 unspecified atom stereocenters. The first-order valence-electron chi connectivity index (χ1n) is 7.95. The van der Waals surface area contributed by atoms with Gasteiger partial charge in [-0.2, -0.15) is 14.9 Å². The number of ether oxygens (including phenoxy) is 1. The van der Waals surface area contributed by atoms with Crippen LogP contribution in [0.4, 0.5) is 4.39 Å². The van der Waals surface area contributed by atoms with Crippen molar-refractivity contribution >= 4 is 30.0 Å². The minimum atomic E-state index is -0.384. The van der Waals surface area contributed by atoms with Gasteiger partial charge in [-0.3, -0.25) is 5.10 Å². The molecule has 0 atom stereocenters. The summed E-state index contributed by atoms with van der Waals surface area (Å²) in [5, 5.41) is 11.5. The molecule has 1 aromatic heterocycles. The number of nitrogens with zero attached hydrogens (tertiary/aromatic N) is 3. The van der Waals surface area contributed by atoms with Crippen LogP contribution in [0.3, 0.4) is 0 Å². The van der Waals surface area contributed by atoms with Crippen molar-refractivity contribution in [3.05, 3.63) is 75.0 Å². The third-order valence-corrected chi connectivity index (χ3v) is 4.30. The Labute approximate surface area is 160 Å². The van der Waals surface area contributed by atoms with E-state index in [0.29, 0.717) is 21.1 Å². The van der Waals surface area contributed by atoms with Crippen LogP contribution in [0, 0.1) is 10.6 Å². The Hall–Kier alpha value is -2.51. The average molecular weight is 391 g/mol. The highest BCUT2D eigenvalue weighted by Gasteiger charge is 2.07. The predicted octanol–water partition coefficient (Wildman–Crippen LogP) is 4.76. The van der Waals surface area contributed by atoms with E-state index < -0.39 is 0 Å². The Morgan fingerprint density at radius 2 is 2.08 bits per heavy atom. The highest BCUT2D eigenvalue weighted by atomic mass is 35.5. The summed E-state index contributed by atoms with van der Waals surface area (Å²) in [5.41, 5.74) is 1.20. The van der Waals surface area contributed by atoms with Gasteiger partial charge in [0.05, 0.1) is 11.2 Å². The fourth-order valence-electron chi connectivity index (χ4n) is 2.27. The van der Waals surface area contributed by atoms with E-state index in [9.17, 15) is 4.39 Å². The molecule has 0 radical (unpaired) electrons. The molecule has 3 rings (SSSR count). The fraction of sp³-hybridized carbons (Fsp3) is 0.167. The fourth-order valence-corrected chi connectivity index (χ4v) is 2.69. The molecule has 8 heteroatoms. The predicted molar refractivity (Wildman–Crippen MR) is 102 cm³/mol. The molecule has 5 nitrogen and oxygen atoms in total. The first kappa shape index (κ1) is 18.3. The second-order valence-corrected chi connectivity index (χ2v) is 6.21. The van der Waals surface area contributed by atoms with Crippen LogP contribution >= 0.6 is 23.8 Å². The molecule has 134 valence electrons. The van der Waals surface area contributed by atoms with Crippen molar-refractivity contribution in [2.24, 2.45) is 5.10 Å². The lowest BCUT2D eigenvalue weighted by Gasteiger charge is -2.08. The molecular weight excluding hydrogens is 375 g/mol. The molecule has 0 aliphatic carbocycles. The second kappa shape index (κ2) is 8.25. The van der Waals surface area contributed by atoms with E-state index in [1.807, 2.05) is 19.1 Å². The summed E-state index contributed by atoms with van der Waals surface area (Å²) < 4.78 is 21.4. The smallest absolute Gasteiger partial charge is 0.216 e. The maximum Gasteiger partial charge on any atom is 0.216 e. The zero-order valence-electron chi connectivity index (χ0n) is 13.9. The molecule has 1 heterocycles. The number of benzene rings is 2. The Morgan fingerprint density at radius 1 is 1.31 bits per heavy atom. The standard InChI is InChI=1S/C18H16ClFN4OS/c1-2-17-22-23-18(26)24(17)21-10-12-6-8-13(9-7-12)25-11-14-15(19)4-3-5-16(14)20/h3-10H,2,11H2,1H3,(H,23,26)/b21-10+. The van der Waals surface area contributed by atoms with E-state index in [2.05, 4.69) is 15.3 Å². The number of H-pyrrole nitrogens is 1. The van der Waals surface area contributed by atoms with E-state index in [0.717, 1.165) is 17.8 Å². The van der Waals surface area contributed by atoms with E-state index in [1.165, 1.54) is 6.07 Å². The lowest BCUT2D eigenvalue weighted by Crippen LogP contribution is -2.00. The summed E-state index contributed by atoms with van der Waals surface area (Å²) in [7, 11) is 0. The van der Waals surface area contributed by atoms with Crippen molar-refractivity contribution in [1.29, 1.82) is 0 Å². The van der Waals surface area contributed by atoms with Crippen LogP contribution in [0.1, 0.15) is 23.9 Å². The normalized spacial score (nSPS) is 11.2. The molecule has 2 aromatic carbocycles. The summed E-state index contributed by atoms with van der Waals surface area (Å²) in [4.78, 5) is 0. The monoisotopic (exact) mass is 390 g/mol. The van der Waals surface area contributed by atoms with Crippen LogP contribution in [-0.4, -0.2) is 21.1 Å². The quantitative estimate of drug-likeness (QED) is 0.487. The molecule has 0 saturated heterocycles. The van der Waals surface area contributed by atoms with E-state index in [-0.39, 0.29) is 12.4 Å². The Kier molecular flexibility index (Phi) is 5.80. The van der Waals surface area contributed by atoms with Gasteiger partial charge in [0.25, 0.3) is 0 Å². The second-order valence-electron chi connectivity index (χ2n) is 5.41. The van der Waals surface area contributed by atoms with Crippen molar-refractivity contribution in [2.75, 3.05) is 0 Å². The number of aromatic amines is 1. The summed E-state index contributed by atoms with van der Waals surface area (Å²) in [6, 6.07) is 11.8. The molecule has 0 aliphatic heterocycles. The van der Waals surface area contributed by atoms with Gasteiger partial charge in [0.15, 0.2) is 5.82 Å². The lowest BCUT2D eigenvalue weighted by atomic mass is 10.2. The number of nitrogens with one attached hydrogen (secondary N) is 1. The average Bonchev–Trinajstić information content (AvgIpc) is 3.00. The van der Waals surface area contributed by atoms with Crippen LogP contribution in [-0.2, 0) is 13.0 Å². The first-order valence-corrected chi connectivity index (χ1v) is 8.73. The highest BCUT2D eigenvalue weighted by molar-refractivity contribution is 7.71. The molecule has 0 amide bonds. The van der Waals surface area contributed by atoms with Gasteiger partial charge in [0, 0.05) is 12.0 Å². The summed E-state index contributed by atoms with van der Waals surface area (Å²) >= 11 is 11.1. The van der Waals surface area contributed by atoms with Crippen LogP contribution in [0.25, 0.3) is 0 Å². The molecule has 0 spiro atoms. The third kappa shape index (κ3) is 4.17. The largest absolute Gasteiger partial charge is 0.489 e. The van der Waals surface area contributed by atoms with E-state index in [1.54, 1.807) is 35.2 Å². The highest BCUT2D eigenvalue weighted by Crippen LogP contribution is 2.21. The molecule has 0 aliphatic rings. The number of halogens is 2. The van der Waals surface area contributed by atoms with Gasteiger partial charge in [-0.15, -0.1) is 0 Å². The first-order chi connectivity index (χ1) is 12.6. The lowest BCUT2D eigenvalue weighted by molar-refractivity contribution is 0.300. The zero-order chi connectivity index (χ0) is 18.5. The molecule has 0 saturated carbocycles. The Bertz CT molecular complexity index is 961. The van der Waals surface area contributed by atoms with Crippen LogP contribution in [0.15, 0.2) is 47.6 Å². The van der Waals surface area contributed by atoms with Gasteiger partial charge >= 0.3 is 0 Å². The van der Waals surface area contributed by atoms with Gasteiger partial charge in [0.1, 0.15) is 18.2 Å². The molecule has 3 aromatic rings. The maximum atomic E-state index is 13.7. The maximum absolute atomic E-state index is 13.7. The van der Waals surface area contributed by atoms with Crippen LogP contribution in [0.2, 0.25) is 5.02 Å². The van der Waals surface area contributed by atoms with Crippen LogP contribution in [0.5, 0.6) is 5.75 Å². The van der Waals surface area contributed by atoms with Crippen molar-refractivity contribution in [1.82, 2.24) is 14.9 Å². The minimum absolute atomic E-state index is 0.0585. The number of rotatable bonds is 6. The molecule has 0 fully saturated rings. The number of aryl methyl sites for hydroxylation is 1. The van der Waals surface area contributed by atoms with E-state index >= 15 is 0 Å². The van der Waals surface area contributed by atoms with Crippen molar-refractivity contribution in [2.45, 2.75) is 20.0 Å². The van der Waals surface area contributed by atoms with Crippen molar-refractivity contribution < 1.29 is 9.13 Å². The summed E-state index contributed by atoms with van der Waals surface area (Å²) in [6.07, 6.45) is 2.40. The van der Waals surface area contributed by atoms with Gasteiger partial charge in [-0.25, -0.2) is 4.39 Å². The minimum Gasteiger partial charge on any atom is -0.489 e. The van der Waals surface area contributed by atoms with Gasteiger partial charge < -0.3 is 4.74 Å². The Balaban J connectivity index is 1.68. The Morgan fingerprint density at radius 3 is 2.77 bits per heavy atom. The van der Waals surface area contributed by atoms with E-state index in [4.69, 9.17) is 28.6 Å². The van der Waals surface area contributed by atoms with Gasteiger partial charge in [-0.1, -0.05) is 24.6 Å². The summed E-state index contributed by atoms with van der Waals surface area (Å²) in [5.74, 6) is 0.980. The number of hydrogen-bond donors (Lipinski definition) is 1. The zero-order valence-corrected chi connectivity index (χ0v) is 15.5. The topological polar surface area (TPSA) is 55.2 Å². The molecule has 1 N–H and O–H groups in total. The SMILES string of the molecule is CCc1n[nH]c(=S)n1/N=C/c1ccc(OCc2c(F)cccc2Cl)cc1. The summed E-state index contributed by atoms with van der Waals surface area (Å²) in [6.45, 7) is 2.04. The number of aromatic nitrogens is 3. The molecule has 26 heavy (non-hydrogen) atoms. The van der Waals surface area contributed by atoms with Crippen molar-refractivity contribution in [3.8, 4) is 5.75 Å². The van der Waals surface area contributed by atoms with Crippen molar-refractivity contribution in [3.63, 3.8) is 0 Å².